The Hall–Kier alpha value is -3.78. The van der Waals surface area contributed by atoms with Gasteiger partial charge in [-0.15, -0.1) is 0 Å². The van der Waals surface area contributed by atoms with Crippen LogP contribution in [-0.4, -0.2) is 73.6 Å². The van der Waals surface area contributed by atoms with E-state index in [1.54, 1.807) is 24.6 Å². The number of nitrogens with zero attached hydrogens (tertiary/aromatic N) is 4. The zero-order valence-corrected chi connectivity index (χ0v) is 23.0. The summed E-state index contributed by atoms with van der Waals surface area (Å²) < 4.78 is 42.0. The molecule has 10 heteroatoms. The average molecular weight is 563 g/mol. The maximum atomic E-state index is 14.0. The van der Waals surface area contributed by atoms with Crippen molar-refractivity contribution >= 4 is 24.0 Å². The van der Waals surface area contributed by atoms with E-state index in [9.17, 15) is 18.0 Å². The van der Waals surface area contributed by atoms with E-state index in [1.165, 1.54) is 12.1 Å². The minimum Gasteiger partial charge on any atom is -0.322 e. The molecule has 3 N–H and O–H groups in total. The summed E-state index contributed by atoms with van der Waals surface area (Å²) >= 11 is 0. The average Bonchev–Trinajstić information content (AvgIpc) is 2.95. The second kappa shape index (κ2) is 12.0. The molecule has 1 fully saturated rings. The van der Waals surface area contributed by atoms with Gasteiger partial charge in [-0.25, -0.2) is 0 Å². The fourth-order valence-electron chi connectivity index (χ4n) is 5.18. The number of carbonyl (C=O) groups is 1. The van der Waals surface area contributed by atoms with Crippen molar-refractivity contribution < 1.29 is 18.0 Å². The Bertz CT molecular complexity index is 1430. The van der Waals surface area contributed by atoms with Gasteiger partial charge in [0, 0.05) is 67.9 Å². The minimum absolute atomic E-state index is 0.0360. The van der Waals surface area contributed by atoms with Gasteiger partial charge >= 0.3 is 6.18 Å². The Morgan fingerprint density at radius 3 is 2.71 bits per heavy atom. The highest BCUT2D eigenvalue weighted by molar-refractivity contribution is 6.06. The molecule has 7 nitrogen and oxygen atoms in total. The van der Waals surface area contributed by atoms with Crippen LogP contribution in [0.25, 0.3) is 0 Å². The van der Waals surface area contributed by atoms with Crippen molar-refractivity contribution in [1.29, 1.82) is 0 Å². The van der Waals surface area contributed by atoms with Crippen LogP contribution in [0.15, 0.2) is 75.3 Å². The van der Waals surface area contributed by atoms with Crippen LogP contribution in [0.1, 0.15) is 18.1 Å². The number of anilines is 1. The summed E-state index contributed by atoms with van der Waals surface area (Å²) in [6.45, 7) is 5.25. The smallest absolute Gasteiger partial charge is 0.322 e. The zero-order chi connectivity index (χ0) is 29.1. The van der Waals surface area contributed by atoms with E-state index >= 15 is 0 Å². The molecule has 1 aromatic rings. The number of allylic oxidation sites excluding steroid dienone is 4. The number of alkyl halides is 3. The molecule has 1 saturated heterocycles. The van der Waals surface area contributed by atoms with E-state index in [2.05, 4.69) is 32.0 Å². The van der Waals surface area contributed by atoms with Crippen LogP contribution in [0.2, 0.25) is 0 Å². The molecule has 1 amide bonds. The fourth-order valence-corrected chi connectivity index (χ4v) is 5.18. The molecule has 1 aromatic carbocycles. The van der Waals surface area contributed by atoms with Crippen LogP contribution in [0.4, 0.5) is 18.9 Å². The Morgan fingerprint density at radius 1 is 1.17 bits per heavy atom. The SMILES string of the molecule is CC1C=CC(C(=O)Nc2ccc(CN3CCN(C)CC3)c(C(F)(F)F)c2)=CC1C#CC1=C2C=CC=NC2C(N)N=C1. The van der Waals surface area contributed by atoms with Gasteiger partial charge in [-0.05, 0) is 42.3 Å². The number of piperazine rings is 1. The Labute approximate surface area is 238 Å². The van der Waals surface area contributed by atoms with Crippen LogP contribution in [0.5, 0.6) is 0 Å². The van der Waals surface area contributed by atoms with Crippen molar-refractivity contribution in [3.05, 3.63) is 76.4 Å². The highest BCUT2D eigenvalue weighted by Gasteiger charge is 2.34. The lowest BCUT2D eigenvalue weighted by Gasteiger charge is -2.33. The van der Waals surface area contributed by atoms with Crippen LogP contribution >= 0.6 is 0 Å². The summed E-state index contributed by atoms with van der Waals surface area (Å²) in [5.74, 6) is 5.67. The number of nitrogens with one attached hydrogen (secondary N) is 1. The Kier molecular flexibility index (Phi) is 8.40. The van der Waals surface area contributed by atoms with Crippen LogP contribution in [0.3, 0.4) is 0 Å². The molecule has 0 spiro atoms. The number of hydrogen-bond donors (Lipinski definition) is 2. The number of aliphatic imine (C=N–C) groups is 2. The van der Waals surface area contributed by atoms with Gasteiger partial charge in [-0.3, -0.25) is 19.7 Å². The number of amides is 1. The van der Waals surface area contributed by atoms with Gasteiger partial charge in [0.1, 0.15) is 12.2 Å². The summed E-state index contributed by atoms with van der Waals surface area (Å²) in [4.78, 5) is 26.0. The highest BCUT2D eigenvalue weighted by atomic mass is 19.4. The molecule has 3 heterocycles. The van der Waals surface area contributed by atoms with E-state index < -0.39 is 23.8 Å². The lowest BCUT2D eigenvalue weighted by molar-refractivity contribution is -0.138. The lowest BCUT2D eigenvalue weighted by atomic mass is 9.86. The molecule has 41 heavy (non-hydrogen) atoms. The molecule has 5 rings (SSSR count). The standard InChI is InChI=1S/C31H33F3N6O/c1-20-5-6-22(16-21(20)7-8-23-18-37-29(35)28-26(23)4-3-11-36-28)30(41)38-25-10-9-24(27(17-25)31(32,33)34)19-40-14-12-39(2)13-15-40/h3-6,9-11,16-18,20-21,28-29H,12-15,19,35H2,1-2H3,(H,38,41). The molecule has 4 aliphatic rings. The summed E-state index contributed by atoms with van der Waals surface area (Å²) in [6.07, 6.45) is 7.43. The molecule has 0 bridgehead atoms. The molecule has 0 aromatic heterocycles. The van der Waals surface area contributed by atoms with E-state index in [0.717, 1.165) is 30.3 Å². The first-order valence-electron chi connectivity index (χ1n) is 13.6. The number of nitrogens with two attached hydrogens (primary N) is 1. The van der Waals surface area contributed by atoms with Crippen molar-refractivity contribution in [3.8, 4) is 11.8 Å². The summed E-state index contributed by atoms with van der Waals surface area (Å²) in [6, 6.07) is 3.74. The Balaban J connectivity index is 1.32. The highest BCUT2D eigenvalue weighted by Crippen LogP contribution is 2.35. The molecule has 0 radical (unpaired) electrons. The topological polar surface area (TPSA) is 86.3 Å². The lowest BCUT2D eigenvalue weighted by Crippen LogP contribution is -2.44. The van der Waals surface area contributed by atoms with Gasteiger partial charge in [0.15, 0.2) is 0 Å². The third kappa shape index (κ3) is 6.76. The predicted molar refractivity (Wildman–Crippen MR) is 155 cm³/mol. The summed E-state index contributed by atoms with van der Waals surface area (Å²) in [7, 11) is 2.00. The molecular formula is C31H33F3N6O. The van der Waals surface area contributed by atoms with Crippen molar-refractivity contribution in [1.82, 2.24) is 9.80 Å². The van der Waals surface area contributed by atoms with Crippen molar-refractivity contribution in [2.75, 3.05) is 38.5 Å². The zero-order valence-electron chi connectivity index (χ0n) is 23.0. The second-order valence-corrected chi connectivity index (χ2v) is 10.8. The first-order chi connectivity index (χ1) is 19.6. The number of likely N-dealkylation sites (N-methyl/N-ethyl adjacent to an activating group) is 1. The maximum absolute atomic E-state index is 14.0. The molecule has 3 aliphatic heterocycles. The predicted octanol–water partition coefficient (Wildman–Crippen LogP) is 3.82. The number of rotatable bonds is 4. The molecule has 1 aliphatic carbocycles. The normalized spacial score (nSPS) is 26.3. The molecule has 4 atom stereocenters. The molecular weight excluding hydrogens is 529 g/mol. The van der Waals surface area contributed by atoms with Gasteiger partial charge in [-0.1, -0.05) is 49.1 Å². The van der Waals surface area contributed by atoms with Crippen molar-refractivity contribution in [2.45, 2.75) is 31.9 Å². The third-order valence-electron chi connectivity index (χ3n) is 7.74. The minimum atomic E-state index is -4.54. The number of halogens is 3. The van der Waals surface area contributed by atoms with Gasteiger partial charge in [0.25, 0.3) is 5.91 Å². The van der Waals surface area contributed by atoms with Gasteiger partial charge in [0.2, 0.25) is 0 Å². The number of benzene rings is 1. The number of fused-ring (bicyclic) bond motifs is 1. The largest absolute Gasteiger partial charge is 0.416 e. The first kappa shape index (κ1) is 28.7. The van der Waals surface area contributed by atoms with E-state index in [1.807, 2.05) is 37.1 Å². The van der Waals surface area contributed by atoms with Gasteiger partial charge in [0.05, 0.1) is 5.56 Å². The third-order valence-corrected chi connectivity index (χ3v) is 7.74. The maximum Gasteiger partial charge on any atom is 0.416 e. The fraction of sp³-hybridized carbons (Fsp3) is 0.387. The van der Waals surface area contributed by atoms with E-state index in [0.29, 0.717) is 18.7 Å². The van der Waals surface area contributed by atoms with Crippen molar-refractivity contribution in [2.24, 2.45) is 27.6 Å². The monoisotopic (exact) mass is 562 g/mol. The molecule has 214 valence electrons. The van der Waals surface area contributed by atoms with Gasteiger partial charge < -0.3 is 16.0 Å². The summed E-state index contributed by atoms with van der Waals surface area (Å²) in [5.41, 5.74) is 7.59. The Morgan fingerprint density at radius 2 is 1.95 bits per heavy atom. The van der Waals surface area contributed by atoms with Gasteiger partial charge in [-0.2, -0.15) is 13.2 Å². The number of carbonyl (C=O) groups excluding carboxylic acids is 1. The van der Waals surface area contributed by atoms with E-state index in [4.69, 9.17) is 5.73 Å². The number of hydrogen-bond acceptors (Lipinski definition) is 6. The van der Waals surface area contributed by atoms with Crippen LogP contribution < -0.4 is 11.1 Å². The first-order valence-corrected chi connectivity index (χ1v) is 13.6. The summed E-state index contributed by atoms with van der Waals surface area (Å²) in [5, 5.41) is 2.65. The molecule has 4 unspecified atom stereocenters. The van der Waals surface area contributed by atoms with Crippen molar-refractivity contribution in [3.63, 3.8) is 0 Å². The van der Waals surface area contributed by atoms with Crippen LogP contribution in [0, 0.1) is 23.7 Å². The van der Waals surface area contributed by atoms with Crippen LogP contribution in [-0.2, 0) is 17.5 Å². The quantitative estimate of drug-likeness (QED) is 0.547. The number of dihydropyridines is 2. The van der Waals surface area contributed by atoms with E-state index in [-0.39, 0.29) is 35.7 Å². The molecule has 0 saturated carbocycles. The second-order valence-electron chi connectivity index (χ2n) is 10.8.